The highest BCUT2D eigenvalue weighted by atomic mass is 32.1. The molecule has 0 unspecified atom stereocenters. The predicted octanol–water partition coefficient (Wildman–Crippen LogP) is 2.59. The van der Waals surface area contributed by atoms with Gasteiger partial charge in [0.05, 0.1) is 5.69 Å². The molecule has 0 atom stereocenters. The lowest BCUT2D eigenvalue weighted by atomic mass is 9.70. The summed E-state index contributed by atoms with van der Waals surface area (Å²) in [6.45, 7) is 2.40. The number of carboxylic acids is 1. The van der Waals surface area contributed by atoms with Crippen LogP contribution in [-0.4, -0.2) is 50.6 Å². The first kappa shape index (κ1) is 20.2. The molecule has 1 aromatic carbocycles. The Bertz CT molecular complexity index is 984. The molecule has 9 heteroatoms. The Morgan fingerprint density at radius 2 is 1.90 bits per heavy atom. The highest BCUT2D eigenvalue weighted by Crippen LogP contribution is 2.42. The Hall–Kier alpha value is -3.04. The number of rotatable bonds is 7. The summed E-state index contributed by atoms with van der Waals surface area (Å²) in [6.07, 6.45) is 5.41. The van der Waals surface area contributed by atoms with Crippen molar-refractivity contribution in [3.63, 3.8) is 0 Å². The van der Waals surface area contributed by atoms with Crippen LogP contribution in [0.15, 0.2) is 48.1 Å². The van der Waals surface area contributed by atoms with Gasteiger partial charge in [-0.05, 0) is 31.5 Å². The number of hydrogen-bond acceptors (Lipinski definition) is 8. The molecule has 1 saturated heterocycles. The molecule has 0 amide bonds. The Balaban J connectivity index is 1.44. The number of aliphatic carboxylic acids is 1. The number of nitrogens with two attached hydrogens (primary N) is 1. The number of aromatic nitrogens is 3. The summed E-state index contributed by atoms with van der Waals surface area (Å²) in [7, 11) is 0. The molecule has 30 heavy (non-hydrogen) atoms. The van der Waals surface area contributed by atoms with Crippen LogP contribution < -0.4 is 11.1 Å². The first-order chi connectivity index (χ1) is 14.5. The van der Waals surface area contributed by atoms with E-state index in [1.54, 1.807) is 12.4 Å². The fourth-order valence-corrected chi connectivity index (χ4v) is 4.65. The van der Waals surface area contributed by atoms with E-state index in [1.165, 1.54) is 16.9 Å². The summed E-state index contributed by atoms with van der Waals surface area (Å²) in [5.41, 5.74) is 9.18. The van der Waals surface area contributed by atoms with E-state index < -0.39 is 5.97 Å². The molecule has 0 aliphatic carbocycles. The largest absolute Gasteiger partial charge is 0.480 e. The van der Waals surface area contributed by atoms with Gasteiger partial charge in [0, 0.05) is 35.3 Å². The second-order valence-electron chi connectivity index (χ2n) is 7.46. The molecule has 1 aliphatic heterocycles. The Morgan fingerprint density at radius 1 is 1.20 bits per heavy atom. The van der Waals surface area contributed by atoms with E-state index in [1.807, 2.05) is 6.07 Å². The molecule has 3 heterocycles. The van der Waals surface area contributed by atoms with Gasteiger partial charge in [0.15, 0.2) is 5.13 Å². The number of hydrogen-bond donors (Lipinski definition) is 3. The van der Waals surface area contributed by atoms with Crippen LogP contribution in [0.5, 0.6) is 0 Å². The topological polar surface area (TPSA) is 117 Å². The van der Waals surface area contributed by atoms with E-state index in [4.69, 9.17) is 10.8 Å². The van der Waals surface area contributed by atoms with Crippen LogP contribution in [0.1, 0.15) is 29.7 Å². The Labute approximate surface area is 178 Å². The number of piperidine rings is 1. The lowest BCUT2D eigenvalue weighted by molar-refractivity contribution is -0.134. The SMILES string of the molecule is Nc1nc(C2(c3ccccc3)CCN(Cc3cnc(NCC(=O)O)nc3)CC2)cs1. The summed E-state index contributed by atoms with van der Waals surface area (Å²) in [6, 6.07) is 10.6. The van der Waals surface area contributed by atoms with E-state index >= 15 is 0 Å². The number of anilines is 2. The van der Waals surface area contributed by atoms with Crippen molar-refractivity contribution >= 4 is 28.4 Å². The fraction of sp³-hybridized carbons (Fsp3) is 0.333. The molecule has 2 aromatic heterocycles. The van der Waals surface area contributed by atoms with Gasteiger partial charge in [0.25, 0.3) is 0 Å². The van der Waals surface area contributed by atoms with E-state index in [-0.39, 0.29) is 12.0 Å². The molecule has 0 bridgehead atoms. The third-order valence-electron chi connectivity index (χ3n) is 5.56. The molecule has 8 nitrogen and oxygen atoms in total. The molecular formula is C21H24N6O2S. The van der Waals surface area contributed by atoms with Crippen molar-refractivity contribution in [3.8, 4) is 0 Å². The average Bonchev–Trinajstić information content (AvgIpc) is 3.21. The maximum atomic E-state index is 10.6. The lowest BCUT2D eigenvalue weighted by Gasteiger charge is -2.41. The third kappa shape index (κ3) is 4.42. The van der Waals surface area contributed by atoms with Gasteiger partial charge in [0.2, 0.25) is 5.95 Å². The van der Waals surface area contributed by atoms with Crippen LogP contribution in [0.25, 0.3) is 0 Å². The van der Waals surface area contributed by atoms with Crippen molar-refractivity contribution in [2.24, 2.45) is 0 Å². The van der Waals surface area contributed by atoms with E-state index in [0.717, 1.165) is 43.7 Å². The molecule has 0 radical (unpaired) electrons. The average molecular weight is 425 g/mol. The van der Waals surface area contributed by atoms with Gasteiger partial charge in [-0.15, -0.1) is 11.3 Å². The van der Waals surface area contributed by atoms with Crippen molar-refractivity contribution in [2.75, 3.05) is 30.7 Å². The number of carbonyl (C=O) groups is 1. The van der Waals surface area contributed by atoms with Crippen LogP contribution >= 0.6 is 11.3 Å². The number of thiazole rings is 1. The third-order valence-corrected chi connectivity index (χ3v) is 6.23. The zero-order valence-electron chi connectivity index (χ0n) is 16.5. The van der Waals surface area contributed by atoms with Crippen LogP contribution in [0, 0.1) is 0 Å². The monoisotopic (exact) mass is 424 g/mol. The smallest absolute Gasteiger partial charge is 0.322 e. The zero-order chi connectivity index (χ0) is 21.0. The number of nitrogens with zero attached hydrogens (tertiary/aromatic N) is 4. The number of nitrogen functional groups attached to an aromatic ring is 1. The zero-order valence-corrected chi connectivity index (χ0v) is 17.3. The minimum atomic E-state index is -0.945. The fourth-order valence-electron chi connectivity index (χ4n) is 3.99. The molecule has 0 spiro atoms. The molecule has 1 fully saturated rings. The Kier molecular flexibility index (Phi) is 5.91. The molecule has 4 N–H and O–H groups in total. The summed E-state index contributed by atoms with van der Waals surface area (Å²) in [5, 5.41) is 14.1. The van der Waals surface area contributed by atoms with Crippen molar-refractivity contribution in [3.05, 3.63) is 64.9 Å². The van der Waals surface area contributed by atoms with Gasteiger partial charge in [0.1, 0.15) is 6.54 Å². The maximum absolute atomic E-state index is 10.6. The van der Waals surface area contributed by atoms with Gasteiger partial charge in [-0.2, -0.15) is 0 Å². The standard InChI is InChI=1S/C21H24N6O2S/c22-19-26-17(14-30-19)21(16-4-2-1-3-5-16)6-8-27(9-7-21)13-15-10-23-20(24-11-15)25-12-18(28)29/h1-5,10-11,14H,6-9,12-13H2,(H2,22,26)(H,28,29)(H,23,24,25). The highest BCUT2D eigenvalue weighted by molar-refractivity contribution is 7.13. The number of nitrogens with one attached hydrogen (secondary N) is 1. The van der Waals surface area contributed by atoms with Crippen LogP contribution in [0.2, 0.25) is 0 Å². The second-order valence-corrected chi connectivity index (χ2v) is 8.35. The maximum Gasteiger partial charge on any atom is 0.322 e. The highest BCUT2D eigenvalue weighted by Gasteiger charge is 2.39. The van der Waals surface area contributed by atoms with E-state index in [9.17, 15) is 4.79 Å². The summed E-state index contributed by atoms with van der Waals surface area (Å²) in [5.74, 6) is -0.622. The molecule has 1 aliphatic rings. The lowest BCUT2D eigenvalue weighted by Crippen LogP contribution is -2.43. The van der Waals surface area contributed by atoms with E-state index in [0.29, 0.717) is 11.1 Å². The summed E-state index contributed by atoms with van der Waals surface area (Å²) < 4.78 is 0. The normalized spacial score (nSPS) is 16.3. The molecule has 0 saturated carbocycles. The van der Waals surface area contributed by atoms with E-state index in [2.05, 4.69) is 54.8 Å². The molecule has 4 rings (SSSR count). The minimum Gasteiger partial charge on any atom is -0.480 e. The quantitative estimate of drug-likeness (QED) is 0.530. The van der Waals surface area contributed by atoms with Crippen LogP contribution in [0.4, 0.5) is 11.1 Å². The first-order valence-electron chi connectivity index (χ1n) is 9.81. The van der Waals surface area contributed by atoms with Gasteiger partial charge in [-0.1, -0.05) is 30.3 Å². The molecule has 3 aromatic rings. The molecular weight excluding hydrogens is 400 g/mol. The van der Waals surface area contributed by atoms with Crippen molar-refractivity contribution in [1.82, 2.24) is 19.9 Å². The van der Waals surface area contributed by atoms with Crippen molar-refractivity contribution in [1.29, 1.82) is 0 Å². The van der Waals surface area contributed by atoms with Gasteiger partial charge < -0.3 is 16.2 Å². The first-order valence-corrected chi connectivity index (χ1v) is 10.7. The summed E-state index contributed by atoms with van der Waals surface area (Å²) in [4.78, 5) is 26.1. The van der Waals surface area contributed by atoms with Gasteiger partial charge >= 0.3 is 5.97 Å². The predicted molar refractivity (Wildman–Crippen MR) is 116 cm³/mol. The Morgan fingerprint density at radius 3 is 2.50 bits per heavy atom. The number of likely N-dealkylation sites (tertiary alicyclic amines) is 1. The minimum absolute atomic E-state index is 0.118. The van der Waals surface area contributed by atoms with Gasteiger partial charge in [-0.3, -0.25) is 9.69 Å². The van der Waals surface area contributed by atoms with Crippen molar-refractivity contribution < 1.29 is 9.90 Å². The number of benzene rings is 1. The van der Waals surface area contributed by atoms with Crippen LogP contribution in [-0.2, 0) is 16.8 Å². The van der Waals surface area contributed by atoms with Gasteiger partial charge in [-0.25, -0.2) is 15.0 Å². The van der Waals surface area contributed by atoms with Crippen molar-refractivity contribution in [2.45, 2.75) is 24.8 Å². The van der Waals surface area contributed by atoms with Crippen LogP contribution in [0.3, 0.4) is 0 Å². The number of carboxylic acid groups (broad SMARTS) is 1. The second kappa shape index (κ2) is 8.76. The molecule has 156 valence electrons. The summed E-state index contributed by atoms with van der Waals surface area (Å²) >= 11 is 1.50.